The molecule has 0 bridgehead atoms. The van der Waals surface area contributed by atoms with Gasteiger partial charge in [-0.3, -0.25) is 4.79 Å². The minimum absolute atomic E-state index is 0.145. The number of aromatic nitrogens is 3. The fraction of sp³-hybridized carbons (Fsp3) is 0.417. The molecule has 0 aliphatic carbocycles. The van der Waals surface area contributed by atoms with Crippen LogP contribution in [0.4, 0.5) is 0 Å². The van der Waals surface area contributed by atoms with Crippen molar-refractivity contribution in [2.75, 3.05) is 13.1 Å². The van der Waals surface area contributed by atoms with Gasteiger partial charge in [-0.1, -0.05) is 0 Å². The number of hydrogen-bond donors (Lipinski definition) is 2. The van der Waals surface area contributed by atoms with E-state index in [1.165, 1.54) is 11.3 Å². The molecule has 2 heterocycles. The molecule has 3 N–H and O–H groups in total. The monoisotopic (exact) mass is 279 g/mol. The molecule has 7 heteroatoms. The third kappa shape index (κ3) is 3.62. The number of thiazole rings is 1. The molecule has 2 rings (SSSR count). The smallest absolute Gasteiger partial charge is 0.270 e. The van der Waals surface area contributed by atoms with E-state index in [2.05, 4.69) is 15.3 Å². The molecule has 0 aromatic carbocycles. The van der Waals surface area contributed by atoms with Crippen molar-refractivity contribution >= 4 is 17.2 Å². The van der Waals surface area contributed by atoms with E-state index in [0.29, 0.717) is 31.6 Å². The fourth-order valence-corrected chi connectivity index (χ4v) is 2.46. The van der Waals surface area contributed by atoms with Gasteiger partial charge in [-0.2, -0.15) is 0 Å². The predicted molar refractivity (Wildman–Crippen MR) is 74.1 cm³/mol. The van der Waals surface area contributed by atoms with Gasteiger partial charge in [0.15, 0.2) is 0 Å². The van der Waals surface area contributed by atoms with Crippen molar-refractivity contribution in [3.8, 4) is 0 Å². The SMILES string of the molecule is Cn1ccnc1CCNC(=O)c1csc(CCN)n1. The Hall–Kier alpha value is -1.73. The molecule has 0 fully saturated rings. The molecule has 6 nitrogen and oxygen atoms in total. The average molecular weight is 279 g/mol. The molecule has 2 aromatic heterocycles. The third-order valence-corrected chi connectivity index (χ3v) is 3.61. The molecule has 19 heavy (non-hydrogen) atoms. The van der Waals surface area contributed by atoms with Crippen molar-refractivity contribution in [2.24, 2.45) is 12.8 Å². The Morgan fingerprint density at radius 2 is 2.37 bits per heavy atom. The highest BCUT2D eigenvalue weighted by Gasteiger charge is 2.10. The quantitative estimate of drug-likeness (QED) is 0.799. The number of hydrogen-bond acceptors (Lipinski definition) is 5. The zero-order chi connectivity index (χ0) is 13.7. The summed E-state index contributed by atoms with van der Waals surface area (Å²) in [5, 5.41) is 5.51. The molecule has 0 saturated carbocycles. The maximum absolute atomic E-state index is 11.9. The van der Waals surface area contributed by atoms with Crippen LogP contribution in [0.25, 0.3) is 0 Å². The number of amides is 1. The summed E-state index contributed by atoms with van der Waals surface area (Å²) in [4.78, 5) is 20.3. The Kier molecular flexibility index (Phi) is 4.64. The second-order valence-corrected chi connectivity index (χ2v) is 5.07. The highest BCUT2D eigenvalue weighted by Crippen LogP contribution is 2.09. The number of carbonyl (C=O) groups excluding carboxylic acids is 1. The Morgan fingerprint density at radius 1 is 1.53 bits per heavy atom. The van der Waals surface area contributed by atoms with E-state index < -0.39 is 0 Å². The van der Waals surface area contributed by atoms with Gasteiger partial charge in [0, 0.05) is 44.2 Å². The highest BCUT2D eigenvalue weighted by atomic mass is 32.1. The molecule has 0 aliphatic rings. The summed E-state index contributed by atoms with van der Waals surface area (Å²) in [6.45, 7) is 1.10. The molecule has 0 spiro atoms. The zero-order valence-corrected chi connectivity index (χ0v) is 11.6. The summed E-state index contributed by atoms with van der Waals surface area (Å²) in [5.41, 5.74) is 5.92. The van der Waals surface area contributed by atoms with Gasteiger partial charge in [0.05, 0.1) is 5.01 Å². The van der Waals surface area contributed by atoms with Crippen LogP contribution >= 0.6 is 11.3 Å². The Morgan fingerprint density at radius 3 is 3.05 bits per heavy atom. The topological polar surface area (TPSA) is 85.8 Å². The van der Waals surface area contributed by atoms with Crippen LogP contribution in [0.3, 0.4) is 0 Å². The van der Waals surface area contributed by atoms with Crippen molar-refractivity contribution in [2.45, 2.75) is 12.8 Å². The van der Waals surface area contributed by atoms with Gasteiger partial charge < -0.3 is 15.6 Å². The standard InChI is InChI=1S/C12H17N5OS/c1-17-7-6-14-10(17)3-5-15-12(18)9-8-19-11(16-9)2-4-13/h6-8H,2-5,13H2,1H3,(H,15,18). The van der Waals surface area contributed by atoms with Crippen LogP contribution in [0.15, 0.2) is 17.8 Å². The molecule has 2 aromatic rings. The van der Waals surface area contributed by atoms with E-state index >= 15 is 0 Å². The Labute approximate surface area is 115 Å². The molecule has 102 valence electrons. The van der Waals surface area contributed by atoms with Crippen molar-refractivity contribution in [3.05, 3.63) is 34.3 Å². The lowest BCUT2D eigenvalue weighted by atomic mass is 10.3. The van der Waals surface area contributed by atoms with E-state index in [1.807, 2.05) is 17.8 Å². The first-order valence-electron chi connectivity index (χ1n) is 6.09. The minimum Gasteiger partial charge on any atom is -0.350 e. The number of nitrogens with one attached hydrogen (secondary N) is 1. The first-order valence-corrected chi connectivity index (χ1v) is 6.97. The van der Waals surface area contributed by atoms with Crippen LogP contribution in [0.5, 0.6) is 0 Å². The number of nitrogens with zero attached hydrogens (tertiary/aromatic N) is 3. The summed E-state index contributed by atoms with van der Waals surface area (Å²) in [6.07, 6.45) is 5.05. The average Bonchev–Trinajstić information content (AvgIpc) is 3.00. The lowest BCUT2D eigenvalue weighted by Gasteiger charge is -2.03. The molecule has 1 amide bonds. The van der Waals surface area contributed by atoms with Gasteiger partial charge in [-0.25, -0.2) is 9.97 Å². The molecular weight excluding hydrogens is 262 g/mol. The van der Waals surface area contributed by atoms with Crippen LogP contribution in [-0.2, 0) is 19.9 Å². The first-order chi connectivity index (χ1) is 9.20. The number of imidazole rings is 1. The number of carbonyl (C=O) groups is 1. The Balaban J connectivity index is 1.82. The van der Waals surface area contributed by atoms with Gasteiger partial charge in [-0.15, -0.1) is 11.3 Å². The first kappa shape index (κ1) is 13.7. The molecule has 0 unspecified atom stereocenters. The fourth-order valence-electron chi connectivity index (χ4n) is 1.67. The Bertz CT molecular complexity index is 548. The summed E-state index contributed by atoms with van der Waals surface area (Å²) < 4.78 is 1.94. The predicted octanol–water partition coefficient (Wildman–Crippen LogP) is 0.350. The highest BCUT2D eigenvalue weighted by molar-refractivity contribution is 7.09. The van der Waals surface area contributed by atoms with Crippen molar-refractivity contribution < 1.29 is 4.79 Å². The van der Waals surface area contributed by atoms with Crippen LogP contribution in [-0.4, -0.2) is 33.5 Å². The van der Waals surface area contributed by atoms with Crippen LogP contribution in [0, 0.1) is 0 Å². The second-order valence-electron chi connectivity index (χ2n) is 4.13. The van der Waals surface area contributed by atoms with Gasteiger partial charge in [0.25, 0.3) is 5.91 Å². The number of nitrogens with two attached hydrogens (primary N) is 1. The lowest BCUT2D eigenvalue weighted by molar-refractivity contribution is 0.0949. The largest absolute Gasteiger partial charge is 0.350 e. The van der Waals surface area contributed by atoms with Crippen molar-refractivity contribution in [1.82, 2.24) is 19.9 Å². The molecule has 0 radical (unpaired) electrons. The minimum atomic E-state index is -0.145. The van der Waals surface area contributed by atoms with Crippen LogP contribution in [0.1, 0.15) is 21.3 Å². The van der Waals surface area contributed by atoms with Gasteiger partial charge in [-0.05, 0) is 6.54 Å². The van der Waals surface area contributed by atoms with E-state index in [-0.39, 0.29) is 5.91 Å². The maximum Gasteiger partial charge on any atom is 0.270 e. The molecule has 0 saturated heterocycles. The van der Waals surface area contributed by atoms with E-state index in [9.17, 15) is 4.79 Å². The number of rotatable bonds is 6. The van der Waals surface area contributed by atoms with Crippen molar-refractivity contribution in [3.63, 3.8) is 0 Å². The third-order valence-electron chi connectivity index (χ3n) is 2.70. The molecule has 0 aliphatic heterocycles. The normalized spacial score (nSPS) is 10.6. The summed E-state index contributed by atoms with van der Waals surface area (Å²) >= 11 is 1.47. The summed E-state index contributed by atoms with van der Waals surface area (Å²) in [6, 6.07) is 0. The van der Waals surface area contributed by atoms with Crippen LogP contribution < -0.4 is 11.1 Å². The van der Waals surface area contributed by atoms with Crippen LogP contribution in [0.2, 0.25) is 0 Å². The second kappa shape index (κ2) is 6.44. The maximum atomic E-state index is 11.9. The lowest BCUT2D eigenvalue weighted by Crippen LogP contribution is -2.26. The zero-order valence-electron chi connectivity index (χ0n) is 10.8. The molecule has 0 atom stereocenters. The molecular formula is C12H17N5OS. The van der Waals surface area contributed by atoms with E-state index in [4.69, 9.17) is 5.73 Å². The van der Waals surface area contributed by atoms with E-state index in [0.717, 1.165) is 10.8 Å². The van der Waals surface area contributed by atoms with Gasteiger partial charge in [0.1, 0.15) is 11.5 Å². The number of aryl methyl sites for hydroxylation is 1. The summed E-state index contributed by atoms with van der Waals surface area (Å²) in [5.74, 6) is 0.802. The van der Waals surface area contributed by atoms with Gasteiger partial charge in [0.2, 0.25) is 0 Å². The van der Waals surface area contributed by atoms with Crippen molar-refractivity contribution in [1.29, 1.82) is 0 Å². The summed E-state index contributed by atoms with van der Waals surface area (Å²) in [7, 11) is 1.93. The van der Waals surface area contributed by atoms with E-state index in [1.54, 1.807) is 11.6 Å². The van der Waals surface area contributed by atoms with Gasteiger partial charge >= 0.3 is 0 Å².